The number of rotatable bonds is 5. The molecule has 15 heavy (non-hydrogen) atoms. The van der Waals surface area contributed by atoms with Crippen molar-refractivity contribution in [3.05, 3.63) is 40.8 Å². The molecule has 0 heterocycles. The van der Waals surface area contributed by atoms with Crippen molar-refractivity contribution in [3.63, 3.8) is 0 Å². The van der Waals surface area contributed by atoms with Gasteiger partial charge in [-0.2, -0.15) is 4.91 Å². The number of nitrogens with zero attached hydrogens (tertiary/aromatic N) is 2. The van der Waals surface area contributed by atoms with Crippen LogP contribution in [0.2, 0.25) is 0 Å². The Balaban J connectivity index is 2.76. The minimum absolute atomic E-state index is 0.454. The molecule has 4 heteroatoms. The number of hydrogen-bond donors (Lipinski definition) is 0. The van der Waals surface area contributed by atoms with Crippen LogP contribution >= 0.6 is 0 Å². The van der Waals surface area contributed by atoms with E-state index in [-0.39, 0.29) is 0 Å². The van der Waals surface area contributed by atoms with E-state index < -0.39 is 6.04 Å². The summed E-state index contributed by atoms with van der Waals surface area (Å²) >= 11 is 0. The molecule has 0 aliphatic rings. The van der Waals surface area contributed by atoms with Crippen molar-refractivity contribution >= 4 is 5.71 Å². The molecule has 4 nitrogen and oxygen atoms in total. The minimum atomic E-state index is -0.454. The first kappa shape index (κ1) is 11.4. The molecular formula is C11H14N2O2. The highest BCUT2D eigenvalue weighted by Crippen LogP contribution is 2.05. The van der Waals surface area contributed by atoms with E-state index in [1.54, 1.807) is 6.92 Å². The van der Waals surface area contributed by atoms with Gasteiger partial charge in [0.25, 0.3) is 0 Å². The summed E-state index contributed by atoms with van der Waals surface area (Å²) in [5.74, 6) is 0. The Labute approximate surface area is 88.9 Å². The third kappa shape index (κ3) is 3.50. The first-order valence-corrected chi connectivity index (χ1v) is 4.74. The van der Waals surface area contributed by atoms with E-state index >= 15 is 0 Å². The summed E-state index contributed by atoms with van der Waals surface area (Å²) in [5.41, 5.74) is 1.72. The van der Waals surface area contributed by atoms with Crippen LogP contribution in [0.4, 0.5) is 0 Å². The van der Waals surface area contributed by atoms with E-state index in [0.29, 0.717) is 12.1 Å². The molecule has 0 spiro atoms. The fraction of sp³-hybridized carbons (Fsp3) is 0.364. The Kier molecular flexibility index (Phi) is 4.47. The van der Waals surface area contributed by atoms with Gasteiger partial charge in [-0.25, -0.2) is 0 Å². The monoisotopic (exact) mass is 206 g/mol. The summed E-state index contributed by atoms with van der Waals surface area (Å²) in [5, 5.41) is 6.76. The van der Waals surface area contributed by atoms with Gasteiger partial charge in [0, 0.05) is 6.42 Å². The highest BCUT2D eigenvalue weighted by molar-refractivity contribution is 5.90. The summed E-state index contributed by atoms with van der Waals surface area (Å²) in [6.45, 7) is 1.70. The van der Waals surface area contributed by atoms with Gasteiger partial charge in [0.1, 0.15) is 13.2 Å². The van der Waals surface area contributed by atoms with Crippen molar-refractivity contribution in [1.82, 2.24) is 0 Å². The lowest BCUT2D eigenvalue weighted by atomic mass is 10.0. The molecule has 0 aromatic heterocycles. The van der Waals surface area contributed by atoms with E-state index in [9.17, 15) is 4.91 Å². The molecule has 0 saturated carbocycles. The lowest BCUT2D eigenvalue weighted by molar-refractivity contribution is 0.211. The van der Waals surface area contributed by atoms with Gasteiger partial charge in [0.05, 0.1) is 5.71 Å². The van der Waals surface area contributed by atoms with E-state index in [4.69, 9.17) is 0 Å². The number of oxime groups is 1. The van der Waals surface area contributed by atoms with Crippen LogP contribution in [-0.2, 0) is 11.3 Å². The molecule has 0 amide bonds. The Morgan fingerprint density at radius 3 is 2.60 bits per heavy atom. The summed E-state index contributed by atoms with van der Waals surface area (Å²) in [7, 11) is 1.46. The Hall–Kier alpha value is -1.71. The van der Waals surface area contributed by atoms with E-state index in [1.165, 1.54) is 7.11 Å². The zero-order valence-electron chi connectivity index (χ0n) is 8.88. The van der Waals surface area contributed by atoms with Gasteiger partial charge in [-0.05, 0) is 12.5 Å². The summed E-state index contributed by atoms with van der Waals surface area (Å²) in [4.78, 5) is 15.1. The summed E-state index contributed by atoms with van der Waals surface area (Å²) in [6.07, 6.45) is 0.585. The van der Waals surface area contributed by atoms with Crippen molar-refractivity contribution < 1.29 is 4.84 Å². The fourth-order valence-electron chi connectivity index (χ4n) is 1.24. The lowest BCUT2D eigenvalue weighted by Crippen LogP contribution is -2.17. The van der Waals surface area contributed by atoms with Gasteiger partial charge < -0.3 is 4.84 Å². The molecule has 1 rings (SSSR count). The Bertz CT molecular complexity index is 336. The average Bonchev–Trinajstić information content (AvgIpc) is 2.29. The second-order valence-electron chi connectivity index (χ2n) is 3.21. The largest absolute Gasteiger partial charge is 0.399 e. The van der Waals surface area contributed by atoms with Gasteiger partial charge in [-0.3, -0.25) is 0 Å². The van der Waals surface area contributed by atoms with Crippen LogP contribution in [0.3, 0.4) is 0 Å². The van der Waals surface area contributed by atoms with Crippen LogP contribution < -0.4 is 0 Å². The van der Waals surface area contributed by atoms with Gasteiger partial charge in [-0.15, -0.1) is 0 Å². The average molecular weight is 206 g/mol. The zero-order chi connectivity index (χ0) is 11.1. The Morgan fingerprint density at radius 1 is 1.40 bits per heavy atom. The molecule has 0 radical (unpaired) electrons. The zero-order valence-corrected chi connectivity index (χ0v) is 8.88. The van der Waals surface area contributed by atoms with E-state index in [1.807, 2.05) is 30.3 Å². The maximum atomic E-state index is 10.4. The second kappa shape index (κ2) is 5.90. The summed E-state index contributed by atoms with van der Waals surface area (Å²) < 4.78 is 0. The standard InChI is InChI=1S/C11H14N2O2/c1-9(12-14)11(13-15-2)8-10-6-4-3-5-7-10/h3-7,9H,8H2,1-2H3. The highest BCUT2D eigenvalue weighted by Gasteiger charge is 2.12. The Morgan fingerprint density at radius 2 is 2.07 bits per heavy atom. The minimum Gasteiger partial charge on any atom is -0.399 e. The SMILES string of the molecule is CON=C(Cc1ccccc1)C(C)N=O. The molecule has 0 N–H and O–H groups in total. The van der Waals surface area contributed by atoms with Crippen LogP contribution in [0.5, 0.6) is 0 Å². The molecule has 1 aromatic carbocycles. The quantitative estimate of drug-likeness (QED) is 0.422. The van der Waals surface area contributed by atoms with Crippen molar-refractivity contribution in [3.8, 4) is 0 Å². The molecule has 0 fully saturated rings. The number of hydrogen-bond acceptors (Lipinski definition) is 4. The maximum Gasteiger partial charge on any atom is 0.131 e. The van der Waals surface area contributed by atoms with Crippen molar-refractivity contribution in [1.29, 1.82) is 0 Å². The predicted molar refractivity (Wildman–Crippen MR) is 59.8 cm³/mol. The third-order valence-electron chi connectivity index (χ3n) is 2.08. The normalized spacial score (nSPS) is 13.3. The second-order valence-corrected chi connectivity index (χ2v) is 3.21. The first-order valence-electron chi connectivity index (χ1n) is 4.74. The van der Waals surface area contributed by atoms with Crippen LogP contribution in [0.25, 0.3) is 0 Å². The van der Waals surface area contributed by atoms with Crippen LogP contribution in [0.15, 0.2) is 40.7 Å². The third-order valence-corrected chi connectivity index (χ3v) is 2.08. The molecule has 0 saturated heterocycles. The van der Waals surface area contributed by atoms with Gasteiger partial charge in [0.15, 0.2) is 0 Å². The van der Waals surface area contributed by atoms with Gasteiger partial charge in [0.2, 0.25) is 0 Å². The molecule has 0 aliphatic heterocycles. The molecule has 80 valence electrons. The highest BCUT2D eigenvalue weighted by atomic mass is 16.6. The van der Waals surface area contributed by atoms with Gasteiger partial charge >= 0.3 is 0 Å². The van der Waals surface area contributed by atoms with E-state index in [2.05, 4.69) is 15.2 Å². The van der Waals surface area contributed by atoms with Crippen molar-refractivity contribution in [2.75, 3.05) is 7.11 Å². The molecule has 1 unspecified atom stereocenters. The van der Waals surface area contributed by atoms with Gasteiger partial charge in [-0.1, -0.05) is 40.7 Å². The molecular weight excluding hydrogens is 192 g/mol. The molecule has 0 bridgehead atoms. The van der Waals surface area contributed by atoms with Crippen LogP contribution in [0, 0.1) is 4.91 Å². The van der Waals surface area contributed by atoms with Crippen molar-refractivity contribution in [2.24, 2.45) is 10.3 Å². The molecule has 0 aliphatic carbocycles. The molecule has 1 atom stereocenters. The lowest BCUT2D eigenvalue weighted by Gasteiger charge is -2.06. The smallest absolute Gasteiger partial charge is 0.131 e. The number of nitroso groups, excluding NO2 is 1. The first-order chi connectivity index (χ1) is 7.27. The van der Waals surface area contributed by atoms with Crippen LogP contribution in [-0.4, -0.2) is 18.9 Å². The maximum absolute atomic E-state index is 10.4. The fourth-order valence-corrected chi connectivity index (χ4v) is 1.24. The van der Waals surface area contributed by atoms with Crippen molar-refractivity contribution in [2.45, 2.75) is 19.4 Å². The molecule has 1 aromatic rings. The van der Waals surface area contributed by atoms with Crippen LogP contribution in [0.1, 0.15) is 12.5 Å². The summed E-state index contributed by atoms with van der Waals surface area (Å²) in [6, 6.07) is 9.33. The van der Waals surface area contributed by atoms with E-state index in [0.717, 1.165) is 5.56 Å². The predicted octanol–water partition coefficient (Wildman–Crippen LogP) is 2.39. The topological polar surface area (TPSA) is 51.0 Å². The number of benzene rings is 1.